The maximum Gasteiger partial charge on any atom is 0.259 e. The predicted molar refractivity (Wildman–Crippen MR) is 115 cm³/mol. The van der Waals surface area contributed by atoms with Gasteiger partial charge >= 0.3 is 0 Å². The standard InChI is InChI=1S/C23H31N3O4/c1-15(2)26-13-18(22(28)24-16(3)20-11-8-12-30-20)21(27)19(14-26)23(29)25(4)17-9-6-5-7-10-17/h8,11-17H,5-7,9-10H2,1-4H3,(H,24,28). The summed E-state index contributed by atoms with van der Waals surface area (Å²) in [6.45, 7) is 5.66. The number of carbonyl (C=O) groups is 2. The summed E-state index contributed by atoms with van der Waals surface area (Å²) in [6.07, 6.45) is 9.88. The van der Waals surface area contributed by atoms with E-state index in [0.29, 0.717) is 5.76 Å². The number of aromatic nitrogens is 1. The first-order chi connectivity index (χ1) is 14.3. The van der Waals surface area contributed by atoms with Gasteiger partial charge in [0.25, 0.3) is 11.8 Å². The molecule has 1 aliphatic rings. The highest BCUT2D eigenvalue weighted by molar-refractivity contribution is 5.99. The van der Waals surface area contributed by atoms with Gasteiger partial charge in [-0.3, -0.25) is 14.4 Å². The quantitative estimate of drug-likeness (QED) is 0.778. The molecule has 2 amide bonds. The van der Waals surface area contributed by atoms with Gasteiger partial charge in [-0.2, -0.15) is 0 Å². The zero-order valence-electron chi connectivity index (χ0n) is 18.2. The molecule has 1 unspecified atom stereocenters. The van der Waals surface area contributed by atoms with E-state index in [1.807, 2.05) is 13.8 Å². The van der Waals surface area contributed by atoms with Crippen LogP contribution in [-0.2, 0) is 0 Å². The van der Waals surface area contributed by atoms with Crippen LogP contribution in [0.4, 0.5) is 0 Å². The van der Waals surface area contributed by atoms with Gasteiger partial charge in [0, 0.05) is 31.5 Å². The molecule has 0 saturated heterocycles. The van der Waals surface area contributed by atoms with Crippen LogP contribution >= 0.6 is 0 Å². The first-order valence-electron chi connectivity index (χ1n) is 10.7. The van der Waals surface area contributed by atoms with Crippen molar-refractivity contribution in [2.75, 3.05) is 7.05 Å². The monoisotopic (exact) mass is 413 g/mol. The first-order valence-corrected chi connectivity index (χ1v) is 10.7. The molecule has 1 aliphatic carbocycles. The predicted octanol–water partition coefficient (Wildman–Crippen LogP) is 3.92. The second kappa shape index (κ2) is 9.32. The summed E-state index contributed by atoms with van der Waals surface area (Å²) < 4.78 is 7.07. The first kappa shape index (κ1) is 21.9. The number of nitrogens with one attached hydrogen (secondary N) is 1. The lowest BCUT2D eigenvalue weighted by atomic mass is 9.94. The van der Waals surface area contributed by atoms with E-state index in [9.17, 15) is 14.4 Å². The summed E-state index contributed by atoms with van der Waals surface area (Å²) in [5.41, 5.74) is -0.538. The van der Waals surface area contributed by atoms with Gasteiger partial charge in [0.2, 0.25) is 5.43 Å². The van der Waals surface area contributed by atoms with Crippen LogP contribution in [0.25, 0.3) is 0 Å². The Morgan fingerprint density at radius 2 is 1.80 bits per heavy atom. The summed E-state index contributed by atoms with van der Waals surface area (Å²) in [6, 6.07) is 3.23. The minimum absolute atomic E-state index is 0.00816. The molecule has 7 heteroatoms. The molecule has 7 nitrogen and oxygen atoms in total. The summed E-state index contributed by atoms with van der Waals surface area (Å²) in [7, 11) is 1.75. The second-order valence-corrected chi connectivity index (χ2v) is 8.37. The number of furan rings is 1. The van der Waals surface area contributed by atoms with Crippen molar-refractivity contribution < 1.29 is 14.0 Å². The average molecular weight is 414 g/mol. The minimum Gasteiger partial charge on any atom is -0.467 e. The van der Waals surface area contributed by atoms with Gasteiger partial charge < -0.3 is 19.2 Å². The zero-order chi connectivity index (χ0) is 21.8. The number of rotatable bonds is 6. The minimum atomic E-state index is -0.538. The van der Waals surface area contributed by atoms with Crippen molar-refractivity contribution >= 4 is 11.8 Å². The zero-order valence-corrected chi connectivity index (χ0v) is 18.2. The van der Waals surface area contributed by atoms with Crippen LogP contribution in [0, 0.1) is 0 Å². The molecule has 3 rings (SSSR count). The fourth-order valence-electron chi connectivity index (χ4n) is 3.92. The van der Waals surface area contributed by atoms with Crippen molar-refractivity contribution in [1.29, 1.82) is 0 Å². The second-order valence-electron chi connectivity index (χ2n) is 8.37. The Labute approximate surface area is 177 Å². The molecule has 1 N–H and O–H groups in total. The third-order valence-corrected chi connectivity index (χ3v) is 5.88. The Morgan fingerprint density at radius 1 is 1.13 bits per heavy atom. The van der Waals surface area contributed by atoms with Crippen molar-refractivity contribution in [1.82, 2.24) is 14.8 Å². The molecule has 2 aromatic rings. The molecule has 2 aromatic heterocycles. The molecule has 0 aliphatic heterocycles. The molecule has 0 bridgehead atoms. The maximum absolute atomic E-state index is 13.2. The number of amides is 2. The van der Waals surface area contributed by atoms with Gasteiger partial charge in [-0.15, -0.1) is 0 Å². The van der Waals surface area contributed by atoms with Crippen LogP contribution in [0.15, 0.2) is 40.0 Å². The fourth-order valence-corrected chi connectivity index (χ4v) is 3.92. The van der Waals surface area contributed by atoms with E-state index in [0.717, 1.165) is 25.7 Å². The lowest BCUT2D eigenvalue weighted by Crippen LogP contribution is -2.42. The van der Waals surface area contributed by atoms with Gasteiger partial charge in [-0.1, -0.05) is 19.3 Å². The molecule has 162 valence electrons. The number of hydrogen-bond acceptors (Lipinski definition) is 4. The van der Waals surface area contributed by atoms with Gasteiger partial charge in [0.15, 0.2) is 0 Å². The highest BCUT2D eigenvalue weighted by Crippen LogP contribution is 2.23. The van der Waals surface area contributed by atoms with Crippen molar-refractivity contribution in [3.05, 3.63) is 57.9 Å². The molecular formula is C23H31N3O4. The van der Waals surface area contributed by atoms with Crippen molar-refractivity contribution in [2.45, 2.75) is 71.0 Å². The summed E-state index contributed by atoms with van der Waals surface area (Å²) in [5.74, 6) is -0.250. The highest BCUT2D eigenvalue weighted by atomic mass is 16.3. The van der Waals surface area contributed by atoms with E-state index in [4.69, 9.17) is 4.42 Å². The molecular weight excluding hydrogens is 382 g/mol. The van der Waals surface area contributed by atoms with E-state index in [-0.39, 0.29) is 29.1 Å². The van der Waals surface area contributed by atoms with Gasteiger partial charge in [-0.05, 0) is 45.7 Å². The van der Waals surface area contributed by atoms with E-state index >= 15 is 0 Å². The van der Waals surface area contributed by atoms with Crippen LogP contribution in [0.1, 0.15) is 91.4 Å². The van der Waals surface area contributed by atoms with Crippen LogP contribution in [-0.4, -0.2) is 34.4 Å². The molecule has 30 heavy (non-hydrogen) atoms. The highest BCUT2D eigenvalue weighted by Gasteiger charge is 2.27. The van der Waals surface area contributed by atoms with Gasteiger partial charge in [0.1, 0.15) is 16.9 Å². The number of carbonyl (C=O) groups excluding carboxylic acids is 2. The Hall–Kier alpha value is -2.83. The summed E-state index contributed by atoms with van der Waals surface area (Å²) in [5, 5.41) is 2.79. The van der Waals surface area contributed by atoms with Crippen molar-refractivity contribution in [3.8, 4) is 0 Å². The van der Waals surface area contributed by atoms with E-state index in [1.54, 1.807) is 41.8 Å². The topological polar surface area (TPSA) is 84.5 Å². The molecule has 0 spiro atoms. The van der Waals surface area contributed by atoms with E-state index < -0.39 is 17.4 Å². The van der Waals surface area contributed by atoms with Crippen LogP contribution in [0.2, 0.25) is 0 Å². The van der Waals surface area contributed by atoms with Crippen molar-refractivity contribution in [3.63, 3.8) is 0 Å². The Kier molecular flexibility index (Phi) is 6.80. The lowest BCUT2D eigenvalue weighted by Gasteiger charge is -2.31. The van der Waals surface area contributed by atoms with Crippen LogP contribution in [0.3, 0.4) is 0 Å². The largest absolute Gasteiger partial charge is 0.467 e. The molecule has 0 radical (unpaired) electrons. The number of hydrogen-bond donors (Lipinski definition) is 1. The average Bonchev–Trinajstić information content (AvgIpc) is 3.28. The van der Waals surface area contributed by atoms with E-state index in [2.05, 4.69) is 5.32 Å². The number of nitrogens with zero attached hydrogens (tertiary/aromatic N) is 2. The fraction of sp³-hybridized carbons (Fsp3) is 0.522. The SMILES string of the molecule is CC(NC(=O)c1cn(C(C)C)cc(C(=O)N(C)C2CCCCC2)c1=O)c1ccco1. The molecule has 2 heterocycles. The van der Waals surface area contributed by atoms with Crippen LogP contribution < -0.4 is 10.7 Å². The molecule has 1 atom stereocenters. The maximum atomic E-state index is 13.2. The number of pyridine rings is 1. The summed E-state index contributed by atoms with van der Waals surface area (Å²) >= 11 is 0. The Balaban J connectivity index is 1.92. The molecule has 1 saturated carbocycles. The summed E-state index contributed by atoms with van der Waals surface area (Å²) in [4.78, 5) is 40.9. The van der Waals surface area contributed by atoms with E-state index in [1.165, 1.54) is 18.9 Å². The molecule has 1 fully saturated rings. The Morgan fingerprint density at radius 3 is 2.40 bits per heavy atom. The normalized spacial score (nSPS) is 15.8. The van der Waals surface area contributed by atoms with Gasteiger partial charge in [-0.25, -0.2) is 0 Å². The molecule has 0 aromatic carbocycles. The Bertz CT molecular complexity index is 940. The van der Waals surface area contributed by atoms with Crippen LogP contribution in [0.5, 0.6) is 0 Å². The third-order valence-electron chi connectivity index (χ3n) is 5.88. The smallest absolute Gasteiger partial charge is 0.259 e. The van der Waals surface area contributed by atoms with Crippen molar-refractivity contribution in [2.24, 2.45) is 0 Å². The third kappa shape index (κ3) is 4.66. The van der Waals surface area contributed by atoms with Gasteiger partial charge in [0.05, 0.1) is 12.3 Å². The lowest BCUT2D eigenvalue weighted by molar-refractivity contribution is 0.0694.